The summed E-state index contributed by atoms with van der Waals surface area (Å²) < 4.78 is 0. The van der Waals surface area contributed by atoms with Crippen molar-refractivity contribution < 1.29 is 14.7 Å². The molecule has 1 heterocycles. The molecule has 0 radical (unpaired) electrons. The Balaban J connectivity index is 2.67. The second kappa shape index (κ2) is 5.40. The highest BCUT2D eigenvalue weighted by atomic mass is 16.3. The predicted molar refractivity (Wildman–Crippen MR) is 61.2 cm³/mol. The van der Waals surface area contributed by atoms with E-state index in [-0.39, 0.29) is 6.54 Å². The average Bonchev–Trinajstić information content (AvgIpc) is 2.25. The van der Waals surface area contributed by atoms with Crippen LogP contribution in [-0.4, -0.2) is 34.6 Å². The first-order chi connectivity index (χ1) is 7.91. The lowest BCUT2D eigenvalue weighted by Gasteiger charge is -2.10. The number of pyridine rings is 1. The van der Waals surface area contributed by atoms with Gasteiger partial charge in [0.15, 0.2) is 0 Å². The third-order valence-electron chi connectivity index (χ3n) is 2.25. The third-order valence-corrected chi connectivity index (χ3v) is 2.25. The Labute approximate surface area is 98.8 Å². The highest BCUT2D eigenvalue weighted by Crippen LogP contribution is 2.05. The molecular formula is C11H15N3O3. The van der Waals surface area contributed by atoms with Gasteiger partial charge in [0.2, 0.25) is 5.91 Å². The van der Waals surface area contributed by atoms with E-state index in [9.17, 15) is 9.59 Å². The molecule has 0 aliphatic carbocycles. The average molecular weight is 237 g/mol. The van der Waals surface area contributed by atoms with Crippen LogP contribution in [0.1, 0.15) is 21.7 Å². The maximum atomic E-state index is 11.7. The normalized spacial score (nSPS) is 11.9. The zero-order valence-electron chi connectivity index (χ0n) is 9.73. The van der Waals surface area contributed by atoms with Gasteiger partial charge < -0.3 is 16.2 Å². The van der Waals surface area contributed by atoms with Crippen molar-refractivity contribution in [3.05, 3.63) is 29.1 Å². The van der Waals surface area contributed by atoms with Crippen LogP contribution in [0.15, 0.2) is 12.1 Å². The Morgan fingerprint density at radius 1 is 1.47 bits per heavy atom. The molecule has 1 aromatic heterocycles. The van der Waals surface area contributed by atoms with E-state index < -0.39 is 17.9 Å². The number of hydrogen-bond acceptors (Lipinski definition) is 4. The van der Waals surface area contributed by atoms with E-state index in [2.05, 4.69) is 10.3 Å². The van der Waals surface area contributed by atoms with E-state index in [0.29, 0.717) is 11.3 Å². The van der Waals surface area contributed by atoms with E-state index in [1.54, 1.807) is 19.1 Å². The van der Waals surface area contributed by atoms with Crippen molar-refractivity contribution in [3.63, 3.8) is 0 Å². The number of hydrogen-bond donors (Lipinski definition) is 3. The van der Waals surface area contributed by atoms with Crippen molar-refractivity contribution in [3.8, 4) is 0 Å². The standard InChI is InChI=1S/C11H15N3O3/c1-6-3-4-8(7(2)14-6)11(17)13-5-9(15)10(12)16/h3-4,9,15H,5H2,1-2H3,(H2,12,16)(H,13,17). The Morgan fingerprint density at radius 2 is 2.12 bits per heavy atom. The first-order valence-corrected chi connectivity index (χ1v) is 5.11. The molecular weight excluding hydrogens is 222 g/mol. The Kier molecular flexibility index (Phi) is 4.17. The van der Waals surface area contributed by atoms with E-state index in [1.807, 2.05) is 6.92 Å². The molecule has 0 saturated heterocycles. The first kappa shape index (κ1) is 13.1. The maximum absolute atomic E-state index is 11.7. The van der Waals surface area contributed by atoms with Gasteiger partial charge in [-0.1, -0.05) is 0 Å². The van der Waals surface area contributed by atoms with Crippen LogP contribution < -0.4 is 11.1 Å². The van der Waals surface area contributed by atoms with E-state index >= 15 is 0 Å². The number of carbonyl (C=O) groups is 2. The summed E-state index contributed by atoms with van der Waals surface area (Å²) in [4.78, 5) is 26.4. The van der Waals surface area contributed by atoms with Crippen molar-refractivity contribution in [2.75, 3.05) is 6.54 Å². The minimum Gasteiger partial charge on any atom is -0.381 e. The monoisotopic (exact) mass is 237 g/mol. The molecule has 6 nitrogen and oxygen atoms in total. The van der Waals surface area contributed by atoms with E-state index in [4.69, 9.17) is 10.8 Å². The van der Waals surface area contributed by atoms with Crippen molar-refractivity contribution in [1.29, 1.82) is 0 Å². The fourth-order valence-corrected chi connectivity index (χ4v) is 1.31. The molecule has 0 bridgehead atoms. The smallest absolute Gasteiger partial charge is 0.253 e. The SMILES string of the molecule is Cc1ccc(C(=O)NCC(O)C(N)=O)c(C)n1. The molecule has 1 atom stereocenters. The molecule has 0 aromatic carbocycles. The summed E-state index contributed by atoms with van der Waals surface area (Å²) in [7, 11) is 0. The molecule has 0 saturated carbocycles. The maximum Gasteiger partial charge on any atom is 0.253 e. The van der Waals surface area contributed by atoms with E-state index in [0.717, 1.165) is 5.69 Å². The number of carbonyl (C=O) groups excluding carboxylic acids is 2. The third kappa shape index (κ3) is 3.53. The zero-order valence-corrected chi connectivity index (χ0v) is 9.73. The molecule has 1 aromatic rings. The molecule has 0 aliphatic heterocycles. The van der Waals surface area contributed by atoms with Crippen molar-refractivity contribution >= 4 is 11.8 Å². The van der Waals surface area contributed by atoms with Crippen LogP contribution in [-0.2, 0) is 4.79 Å². The number of aryl methyl sites for hydroxylation is 2. The second-order valence-electron chi connectivity index (χ2n) is 3.71. The molecule has 6 heteroatoms. The van der Waals surface area contributed by atoms with Gasteiger partial charge in [-0.3, -0.25) is 14.6 Å². The molecule has 0 aliphatic rings. The summed E-state index contributed by atoms with van der Waals surface area (Å²) in [5.74, 6) is -1.26. The Bertz CT molecular complexity index is 446. The van der Waals surface area contributed by atoms with Gasteiger partial charge in [-0.05, 0) is 26.0 Å². The molecule has 0 fully saturated rings. The summed E-state index contributed by atoms with van der Waals surface area (Å²) in [6, 6.07) is 3.36. The minimum absolute atomic E-state index is 0.207. The number of primary amides is 1. The number of aromatic nitrogens is 1. The largest absolute Gasteiger partial charge is 0.381 e. The van der Waals surface area contributed by atoms with Gasteiger partial charge >= 0.3 is 0 Å². The number of nitrogens with zero attached hydrogens (tertiary/aromatic N) is 1. The summed E-state index contributed by atoms with van der Waals surface area (Å²) in [5, 5.41) is 11.5. The summed E-state index contributed by atoms with van der Waals surface area (Å²) in [6.45, 7) is 3.33. The van der Waals surface area contributed by atoms with Crippen molar-refractivity contribution in [2.24, 2.45) is 5.73 Å². The van der Waals surface area contributed by atoms with Gasteiger partial charge in [0, 0.05) is 5.69 Å². The first-order valence-electron chi connectivity index (χ1n) is 5.11. The highest BCUT2D eigenvalue weighted by Gasteiger charge is 2.14. The topological polar surface area (TPSA) is 105 Å². The molecule has 2 amide bonds. The van der Waals surface area contributed by atoms with Crippen LogP contribution in [0.5, 0.6) is 0 Å². The summed E-state index contributed by atoms with van der Waals surface area (Å²) >= 11 is 0. The zero-order chi connectivity index (χ0) is 13.0. The van der Waals surface area contributed by atoms with Gasteiger partial charge in [0.25, 0.3) is 5.91 Å². The molecule has 1 unspecified atom stereocenters. The van der Waals surface area contributed by atoms with Gasteiger partial charge in [0.05, 0.1) is 17.8 Å². The fourth-order valence-electron chi connectivity index (χ4n) is 1.31. The minimum atomic E-state index is -1.38. The molecule has 0 spiro atoms. The number of aliphatic hydroxyl groups excluding tert-OH is 1. The lowest BCUT2D eigenvalue weighted by Crippen LogP contribution is -2.40. The van der Waals surface area contributed by atoms with Crippen LogP contribution in [0.3, 0.4) is 0 Å². The van der Waals surface area contributed by atoms with Gasteiger partial charge in [-0.2, -0.15) is 0 Å². The predicted octanol–water partition coefficient (Wildman–Crippen LogP) is -0.726. The quantitative estimate of drug-likeness (QED) is 0.642. The van der Waals surface area contributed by atoms with Crippen LogP contribution in [0.4, 0.5) is 0 Å². The number of amides is 2. The number of rotatable bonds is 4. The van der Waals surface area contributed by atoms with Crippen LogP contribution in [0.25, 0.3) is 0 Å². The van der Waals surface area contributed by atoms with Crippen molar-refractivity contribution in [1.82, 2.24) is 10.3 Å². The lowest BCUT2D eigenvalue weighted by molar-refractivity contribution is -0.125. The summed E-state index contributed by atoms with van der Waals surface area (Å²) in [5.41, 5.74) is 6.68. The second-order valence-corrected chi connectivity index (χ2v) is 3.71. The Hall–Kier alpha value is -1.95. The summed E-state index contributed by atoms with van der Waals surface area (Å²) in [6.07, 6.45) is -1.38. The Morgan fingerprint density at radius 3 is 2.65 bits per heavy atom. The van der Waals surface area contributed by atoms with Gasteiger partial charge in [0.1, 0.15) is 6.10 Å². The van der Waals surface area contributed by atoms with Crippen LogP contribution in [0.2, 0.25) is 0 Å². The van der Waals surface area contributed by atoms with Gasteiger partial charge in [-0.15, -0.1) is 0 Å². The molecule has 4 N–H and O–H groups in total. The van der Waals surface area contributed by atoms with Crippen molar-refractivity contribution in [2.45, 2.75) is 20.0 Å². The molecule has 17 heavy (non-hydrogen) atoms. The number of nitrogens with one attached hydrogen (secondary N) is 1. The highest BCUT2D eigenvalue weighted by molar-refractivity contribution is 5.95. The van der Waals surface area contributed by atoms with Gasteiger partial charge in [-0.25, -0.2) is 0 Å². The van der Waals surface area contributed by atoms with Crippen LogP contribution in [0, 0.1) is 13.8 Å². The molecule has 1 rings (SSSR count). The lowest BCUT2D eigenvalue weighted by atomic mass is 10.1. The number of aliphatic hydroxyl groups is 1. The van der Waals surface area contributed by atoms with Crippen LogP contribution >= 0.6 is 0 Å². The number of nitrogens with two attached hydrogens (primary N) is 1. The fraction of sp³-hybridized carbons (Fsp3) is 0.364. The van der Waals surface area contributed by atoms with E-state index in [1.165, 1.54) is 0 Å². The molecule has 92 valence electrons.